The van der Waals surface area contributed by atoms with Gasteiger partial charge in [0.05, 0.1) is 16.3 Å². The van der Waals surface area contributed by atoms with Crippen molar-refractivity contribution >= 4 is 23.2 Å². The fourth-order valence-electron chi connectivity index (χ4n) is 1.39. The zero-order valence-electron chi connectivity index (χ0n) is 8.29. The summed E-state index contributed by atoms with van der Waals surface area (Å²) in [5.41, 5.74) is 6.53. The van der Waals surface area contributed by atoms with E-state index in [0.717, 1.165) is 6.54 Å². The highest BCUT2D eigenvalue weighted by Crippen LogP contribution is 2.28. The van der Waals surface area contributed by atoms with Gasteiger partial charge in [0.15, 0.2) is 0 Å². The fraction of sp³-hybridized carbons (Fsp3) is 0.364. The number of rotatable bonds is 3. The van der Waals surface area contributed by atoms with Gasteiger partial charge in [0.25, 0.3) is 5.91 Å². The Bertz CT molecular complexity index is 388. The van der Waals surface area contributed by atoms with Crippen LogP contribution < -0.4 is 11.1 Å². The Labute approximate surface area is 93.6 Å². The third-order valence-electron chi connectivity index (χ3n) is 2.55. The molecule has 1 aromatic rings. The smallest absolute Gasteiger partial charge is 0.253 e. The number of nitrogens with two attached hydrogens (primary N) is 1. The van der Waals surface area contributed by atoms with Crippen LogP contribution in [0.4, 0.5) is 5.69 Å². The predicted molar refractivity (Wildman–Crippen MR) is 60.9 cm³/mol. The van der Waals surface area contributed by atoms with Crippen LogP contribution >= 0.6 is 11.6 Å². The van der Waals surface area contributed by atoms with E-state index in [9.17, 15) is 4.79 Å². The molecule has 3 nitrogen and oxygen atoms in total. The molecule has 15 heavy (non-hydrogen) atoms. The Kier molecular flexibility index (Phi) is 2.82. The van der Waals surface area contributed by atoms with E-state index in [1.54, 1.807) is 18.2 Å². The van der Waals surface area contributed by atoms with Gasteiger partial charge in [-0.25, -0.2) is 0 Å². The first-order chi connectivity index (χ1) is 7.18. The van der Waals surface area contributed by atoms with Crippen molar-refractivity contribution in [1.82, 2.24) is 5.32 Å². The van der Waals surface area contributed by atoms with Crippen molar-refractivity contribution in [2.45, 2.75) is 12.8 Å². The van der Waals surface area contributed by atoms with Gasteiger partial charge >= 0.3 is 0 Å². The zero-order valence-corrected chi connectivity index (χ0v) is 9.05. The van der Waals surface area contributed by atoms with Gasteiger partial charge in [0.1, 0.15) is 0 Å². The van der Waals surface area contributed by atoms with Gasteiger partial charge in [-0.05, 0) is 30.9 Å². The summed E-state index contributed by atoms with van der Waals surface area (Å²) in [5, 5.41) is 3.28. The van der Waals surface area contributed by atoms with Crippen molar-refractivity contribution in [3.8, 4) is 0 Å². The first-order valence-electron chi connectivity index (χ1n) is 5.00. The maximum atomic E-state index is 11.7. The molecule has 0 aliphatic heterocycles. The number of anilines is 1. The molecular weight excluding hydrogens is 212 g/mol. The molecule has 3 N–H and O–H groups in total. The van der Waals surface area contributed by atoms with Gasteiger partial charge in [0.2, 0.25) is 0 Å². The molecule has 80 valence electrons. The number of benzene rings is 1. The summed E-state index contributed by atoms with van der Waals surface area (Å²) in [6.07, 6.45) is 2.43. The minimum atomic E-state index is -0.137. The van der Waals surface area contributed by atoms with Gasteiger partial charge in [-0.3, -0.25) is 4.79 Å². The van der Waals surface area contributed by atoms with Gasteiger partial charge in [-0.1, -0.05) is 17.7 Å². The molecule has 0 saturated heterocycles. The molecule has 4 heteroatoms. The number of carbonyl (C=O) groups is 1. The molecule has 1 amide bonds. The van der Waals surface area contributed by atoms with Gasteiger partial charge < -0.3 is 11.1 Å². The number of nitrogens with one attached hydrogen (secondary N) is 1. The number of hydrogen-bond acceptors (Lipinski definition) is 2. The van der Waals surface area contributed by atoms with Crippen LogP contribution in [0.3, 0.4) is 0 Å². The second-order valence-electron chi connectivity index (χ2n) is 3.85. The van der Waals surface area contributed by atoms with E-state index in [0.29, 0.717) is 22.2 Å². The lowest BCUT2D eigenvalue weighted by Gasteiger charge is -2.07. The van der Waals surface area contributed by atoms with E-state index in [2.05, 4.69) is 5.32 Å². The Morgan fingerprint density at radius 3 is 2.93 bits per heavy atom. The van der Waals surface area contributed by atoms with Crippen molar-refractivity contribution in [3.05, 3.63) is 28.8 Å². The summed E-state index contributed by atoms with van der Waals surface area (Å²) in [5.74, 6) is 0.524. The van der Waals surface area contributed by atoms with Crippen LogP contribution in [0, 0.1) is 5.92 Å². The van der Waals surface area contributed by atoms with E-state index in [4.69, 9.17) is 17.3 Å². The summed E-state index contributed by atoms with van der Waals surface area (Å²) in [7, 11) is 0. The summed E-state index contributed by atoms with van der Waals surface area (Å²) in [4.78, 5) is 11.7. The maximum absolute atomic E-state index is 11.7. The minimum absolute atomic E-state index is 0.137. The molecule has 0 spiro atoms. The summed E-state index contributed by atoms with van der Waals surface area (Å²) >= 11 is 5.83. The van der Waals surface area contributed by atoms with Crippen molar-refractivity contribution in [1.29, 1.82) is 0 Å². The first kappa shape index (κ1) is 10.3. The average molecular weight is 225 g/mol. The zero-order chi connectivity index (χ0) is 10.8. The van der Waals surface area contributed by atoms with Crippen LogP contribution in [0.25, 0.3) is 0 Å². The van der Waals surface area contributed by atoms with E-state index < -0.39 is 0 Å². The summed E-state index contributed by atoms with van der Waals surface area (Å²) in [6.45, 7) is 0.741. The highest BCUT2D eigenvalue weighted by Gasteiger charge is 2.22. The lowest BCUT2D eigenvalue weighted by Crippen LogP contribution is -2.26. The topological polar surface area (TPSA) is 55.1 Å². The number of carbonyl (C=O) groups excluding carboxylic acids is 1. The van der Waals surface area contributed by atoms with Gasteiger partial charge in [-0.2, -0.15) is 0 Å². The number of amides is 1. The van der Waals surface area contributed by atoms with Crippen LogP contribution in [0.5, 0.6) is 0 Å². The molecule has 0 heterocycles. The highest BCUT2D eigenvalue weighted by atomic mass is 35.5. The molecule has 2 rings (SSSR count). The van der Waals surface area contributed by atoms with Crippen molar-refractivity contribution in [2.75, 3.05) is 12.3 Å². The third-order valence-corrected chi connectivity index (χ3v) is 2.88. The molecule has 0 radical (unpaired) electrons. The normalized spacial score (nSPS) is 15.0. The molecule has 0 aromatic heterocycles. The second-order valence-corrected chi connectivity index (χ2v) is 4.26. The number of para-hydroxylation sites is 1. The van der Waals surface area contributed by atoms with E-state index in [1.807, 2.05) is 0 Å². The van der Waals surface area contributed by atoms with Gasteiger partial charge in [-0.15, -0.1) is 0 Å². The fourth-order valence-corrected chi connectivity index (χ4v) is 1.56. The van der Waals surface area contributed by atoms with E-state index >= 15 is 0 Å². The SMILES string of the molecule is Nc1c(Cl)cccc1C(=O)NCC1CC1. The van der Waals surface area contributed by atoms with Crippen LogP contribution in [-0.2, 0) is 0 Å². The molecular formula is C11H13ClN2O. The molecule has 0 bridgehead atoms. The van der Waals surface area contributed by atoms with Crippen molar-refractivity contribution in [2.24, 2.45) is 5.92 Å². The Morgan fingerprint density at radius 2 is 2.27 bits per heavy atom. The van der Waals surface area contributed by atoms with Crippen molar-refractivity contribution < 1.29 is 4.79 Å². The maximum Gasteiger partial charge on any atom is 0.253 e. The van der Waals surface area contributed by atoms with E-state index in [-0.39, 0.29) is 5.91 Å². The van der Waals surface area contributed by atoms with Crippen LogP contribution in [0.1, 0.15) is 23.2 Å². The first-order valence-corrected chi connectivity index (χ1v) is 5.38. The molecule has 0 atom stereocenters. The Hall–Kier alpha value is -1.22. The lowest BCUT2D eigenvalue weighted by molar-refractivity contribution is 0.0952. The number of nitrogen functional groups attached to an aromatic ring is 1. The summed E-state index contributed by atoms with van der Waals surface area (Å²) < 4.78 is 0. The third kappa shape index (κ3) is 2.42. The quantitative estimate of drug-likeness (QED) is 0.773. The largest absolute Gasteiger partial charge is 0.397 e. The lowest BCUT2D eigenvalue weighted by atomic mass is 10.1. The monoisotopic (exact) mass is 224 g/mol. The van der Waals surface area contributed by atoms with Gasteiger partial charge in [0, 0.05) is 6.54 Å². The molecule has 1 saturated carbocycles. The molecule has 0 unspecified atom stereocenters. The summed E-state index contributed by atoms with van der Waals surface area (Å²) in [6, 6.07) is 5.09. The van der Waals surface area contributed by atoms with Crippen LogP contribution in [0.2, 0.25) is 5.02 Å². The molecule has 1 aliphatic carbocycles. The molecule has 1 fully saturated rings. The van der Waals surface area contributed by atoms with E-state index in [1.165, 1.54) is 12.8 Å². The predicted octanol–water partition coefficient (Wildman–Crippen LogP) is 2.06. The average Bonchev–Trinajstić information content (AvgIpc) is 3.02. The second kappa shape index (κ2) is 4.11. The Balaban J connectivity index is 2.06. The highest BCUT2D eigenvalue weighted by molar-refractivity contribution is 6.33. The number of halogens is 1. The standard InChI is InChI=1S/C11H13ClN2O/c12-9-3-1-2-8(10(9)13)11(15)14-6-7-4-5-7/h1-3,7H,4-6,13H2,(H,14,15). The molecule has 1 aromatic carbocycles. The number of hydrogen-bond donors (Lipinski definition) is 2. The minimum Gasteiger partial charge on any atom is -0.397 e. The van der Waals surface area contributed by atoms with Crippen LogP contribution in [0.15, 0.2) is 18.2 Å². The Morgan fingerprint density at radius 1 is 1.53 bits per heavy atom. The van der Waals surface area contributed by atoms with Crippen LogP contribution in [-0.4, -0.2) is 12.5 Å². The molecule has 1 aliphatic rings. The van der Waals surface area contributed by atoms with Crippen molar-refractivity contribution in [3.63, 3.8) is 0 Å².